The van der Waals surface area contributed by atoms with Crippen LogP contribution in [0.2, 0.25) is 0 Å². The van der Waals surface area contributed by atoms with E-state index in [1.54, 1.807) is 0 Å². The maximum Gasteiger partial charge on any atom is 0.00978 e. The van der Waals surface area contributed by atoms with E-state index in [1.807, 2.05) is 0 Å². The Kier molecular flexibility index (Phi) is 2.69. The lowest BCUT2D eigenvalue weighted by molar-refractivity contribution is 0.270. The van der Waals surface area contributed by atoms with Gasteiger partial charge >= 0.3 is 0 Å². The van der Waals surface area contributed by atoms with Crippen LogP contribution in [0.25, 0.3) is 0 Å². The van der Waals surface area contributed by atoms with Crippen LogP contribution < -0.4 is 5.32 Å². The summed E-state index contributed by atoms with van der Waals surface area (Å²) >= 11 is 0. The SMILES string of the molecule is CCC1CCCC1NC1CCC1. The third-order valence-electron chi connectivity index (χ3n) is 3.74. The normalized spacial score (nSPS) is 36.8. The molecule has 12 heavy (non-hydrogen) atoms. The number of hydrogen-bond acceptors (Lipinski definition) is 1. The molecular formula is C11H21N. The molecule has 2 rings (SSSR count). The molecule has 70 valence electrons. The minimum absolute atomic E-state index is 0.875. The van der Waals surface area contributed by atoms with E-state index >= 15 is 0 Å². The molecular weight excluding hydrogens is 146 g/mol. The van der Waals surface area contributed by atoms with Crippen molar-refractivity contribution in [1.82, 2.24) is 5.32 Å². The second kappa shape index (κ2) is 3.78. The molecule has 0 aromatic heterocycles. The Labute approximate surface area is 75.9 Å². The van der Waals surface area contributed by atoms with Gasteiger partial charge in [-0.3, -0.25) is 0 Å². The third kappa shape index (κ3) is 1.66. The maximum absolute atomic E-state index is 3.82. The van der Waals surface area contributed by atoms with Crippen molar-refractivity contribution < 1.29 is 0 Å². The van der Waals surface area contributed by atoms with Crippen LogP contribution in [0.1, 0.15) is 51.9 Å². The summed E-state index contributed by atoms with van der Waals surface area (Å²) in [7, 11) is 0. The molecule has 1 heteroatoms. The predicted molar refractivity (Wildman–Crippen MR) is 52.2 cm³/mol. The summed E-state index contributed by atoms with van der Waals surface area (Å²) in [5.41, 5.74) is 0. The summed E-state index contributed by atoms with van der Waals surface area (Å²) in [6, 6.07) is 1.77. The largest absolute Gasteiger partial charge is 0.311 e. The molecule has 2 atom stereocenters. The Hall–Kier alpha value is -0.0400. The molecule has 0 heterocycles. The smallest absolute Gasteiger partial charge is 0.00978 e. The number of hydrogen-bond donors (Lipinski definition) is 1. The Morgan fingerprint density at radius 2 is 1.83 bits per heavy atom. The first-order chi connectivity index (χ1) is 5.90. The van der Waals surface area contributed by atoms with E-state index in [0.29, 0.717) is 0 Å². The van der Waals surface area contributed by atoms with Crippen molar-refractivity contribution >= 4 is 0 Å². The second-order valence-corrected chi connectivity index (χ2v) is 4.50. The van der Waals surface area contributed by atoms with Gasteiger partial charge in [0.25, 0.3) is 0 Å². The fourth-order valence-electron chi connectivity index (χ4n) is 2.62. The van der Waals surface area contributed by atoms with Crippen LogP contribution in [0.4, 0.5) is 0 Å². The molecule has 2 saturated carbocycles. The van der Waals surface area contributed by atoms with Gasteiger partial charge in [-0.1, -0.05) is 26.2 Å². The predicted octanol–water partition coefficient (Wildman–Crippen LogP) is 2.71. The second-order valence-electron chi connectivity index (χ2n) is 4.50. The lowest BCUT2D eigenvalue weighted by atomic mass is 9.90. The van der Waals surface area contributed by atoms with Crippen LogP contribution in [0, 0.1) is 5.92 Å². The van der Waals surface area contributed by atoms with E-state index in [9.17, 15) is 0 Å². The zero-order valence-corrected chi connectivity index (χ0v) is 8.18. The Morgan fingerprint density at radius 3 is 2.42 bits per heavy atom. The van der Waals surface area contributed by atoms with Gasteiger partial charge in [0.2, 0.25) is 0 Å². The molecule has 0 aromatic rings. The molecule has 0 radical (unpaired) electrons. The summed E-state index contributed by atoms with van der Waals surface area (Å²) < 4.78 is 0. The molecule has 0 aliphatic heterocycles. The van der Waals surface area contributed by atoms with Crippen LogP contribution >= 0.6 is 0 Å². The molecule has 0 bridgehead atoms. The zero-order valence-electron chi connectivity index (χ0n) is 8.18. The van der Waals surface area contributed by atoms with Gasteiger partial charge in [0.1, 0.15) is 0 Å². The highest BCUT2D eigenvalue weighted by atomic mass is 15.0. The fraction of sp³-hybridized carbons (Fsp3) is 1.00. The van der Waals surface area contributed by atoms with Crippen LogP contribution in [0.3, 0.4) is 0 Å². The first-order valence-corrected chi connectivity index (χ1v) is 5.66. The number of nitrogens with one attached hydrogen (secondary N) is 1. The molecule has 2 aliphatic carbocycles. The van der Waals surface area contributed by atoms with E-state index in [1.165, 1.54) is 44.9 Å². The lowest BCUT2D eigenvalue weighted by Crippen LogP contribution is -2.43. The van der Waals surface area contributed by atoms with Gasteiger partial charge in [-0.15, -0.1) is 0 Å². The van der Waals surface area contributed by atoms with Gasteiger partial charge in [-0.25, -0.2) is 0 Å². The first-order valence-electron chi connectivity index (χ1n) is 5.66. The molecule has 0 amide bonds. The quantitative estimate of drug-likeness (QED) is 0.681. The molecule has 0 aromatic carbocycles. The van der Waals surface area contributed by atoms with Crippen LogP contribution in [0.15, 0.2) is 0 Å². The molecule has 1 nitrogen and oxygen atoms in total. The van der Waals surface area contributed by atoms with E-state index in [0.717, 1.165) is 18.0 Å². The van der Waals surface area contributed by atoms with E-state index in [-0.39, 0.29) is 0 Å². The van der Waals surface area contributed by atoms with Crippen molar-refractivity contribution in [2.45, 2.75) is 64.0 Å². The van der Waals surface area contributed by atoms with Gasteiger partial charge in [0, 0.05) is 12.1 Å². The van der Waals surface area contributed by atoms with Gasteiger partial charge < -0.3 is 5.32 Å². The summed E-state index contributed by atoms with van der Waals surface area (Å²) in [6.07, 6.45) is 10.1. The van der Waals surface area contributed by atoms with Crippen molar-refractivity contribution in [3.63, 3.8) is 0 Å². The molecule has 0 spiro atoms. The molecule has 2 unspecified atom stereocenters. The Morgan fingerprint density at radius 1 is 1.08 bits per heavy atom. The topological polar surface area (TPSA) is 12.0 Å². The summed E-state index contributed by atoms with van der Waals surface area (Å²) in [5.74, 6) is 0.991. The van der Waals surface area contributed by atoms with Crippen molar-refractivity contribution in [1.29, 1.82) is 0 Å². The van der Waals surface area contributed by atoms with E-state index in [4.69, 9.17) is 0 Å². The Balaban J connectivity index is 1.77. The average Bonchev–Trinajstić information content (AvgIpc) is 2.43. The van der Waals surface area contributed by atoms with Gasteiger partial charge in [-0.05, 0) is 31.6 Å². The minimum Gasteiger partial charge on any atom is -0.311 e. The number of rotatable bonds is 3. The zero-order chi connectivity index (χ0) is 8.39. The summed E-state index contributed by atoms with van der Waals surface area (Å²) in [5, 5.41) is 3.82. The van der Waals surface area contributed by atoms with E-state index in [2.05, 4.69) is 12.2 Å². The summed E-state index contributed by atoms with van der Waals surface area (Å²) in [6.45, 7) is 2.34. The molecule has 1 N–H and O–H groups in total. The van der Waals surface area contributed by atoms with Crippen molar-refractivity contribution in [2.75, 3.05) is 0 Å². The van der Waals surface area contributed by atoms with Crippen LogP contribution in [-0.2, 0) is 0 Å². The van der Waals surface area contributed by atoms with Crippen molar-refractivity contribution in [3.05, 3.63) is 0 Å². The van der Waals surface area contributed by atoms with Crippen molar-refractivity contribution in [3.8, 4) is 0 Å². The maximum atomic E-state index is 3.82. The molecule has 0 saturated heterocycles. The highest BCUT2D eigenvalue weighted by Crippen LogP contribution is 2.30. The van der Waals surface area contributed by atoms with Gasteiger partial charge in [0.05, 0.1) is 0 Å². The van der Waals surface area contributed by atoms with Crippen LogP contribution in [0.5, 0.6) is 0 Å². The minimum atomic E-state index is 0.875. The van der Waals surface area contributed by atoms with Crippen molar-refractivity contribution in [2.24, 2.45) is 5.92 Å². The Bertz CT molecular complexity index is 140. The fourth-order valence-corrected chi connectivity index (χ4v) is 2.62. The molecule has 2 aliphatic rings. The van der Waals surface area contributed by atoms with Gasteiger partial charge in [0.15, 0.2) is 0 Å². The van der Waals surface area contributed by atoms with E-state index < -0.39 is 0 Å². The van der Waals surface area contributed by atoms with Crippen LogP contribution in [-0.4, -0.2) is 12.1 Å². The average molecular weight is 167 g/mol. The first kappa shape index (κ1) is 8.55. The highest BCUT2D eigenvalue weighted by molar-refractivity contribution is 4.87. The standard InChI is InChI=1S/C11H21N/c1-2-9-5-3-8-11(9)12-10-6-4-7-10/h9-12H,2-8H2,1H3. The van der Waals surface area contributed by atoms with Gasteiger partial charge in [-0.2, -0.15) is 0 Å². The molecule has 2 fully saturated rings. The summed E-state index contributed by atoms with van der Waals surface area (Å²) in [4.78, 5) is 0. The highest BCUT2D eigenvalue weighted by Gasteiger charge is 2.29. The lowest BCUT2D eigenvalue weighted by Gasteiger charge is -2.32. The monoisotopic (exact) mass is 167 g/mol. The third-order valence-corrected chi connectivity index (χ3v) is 3.74.